The maximum Gasteiger partial charge on any atom is 0.330 e. The molecule has 0 fully saturated rings. The van der Waals surface area contributed by atoms with Crippen LogP contribution in [0.1, 0.15) is 111 Å². The monoisotopic (exact) mass is 384 g/mol. The van der Waals surface area contributed by atoms with Crippen molar-refractivity contribution in [2.45, 2.75) is 111 Å². The Balaban J connectivity index is 0. The fourth-order valence-corrected chi connectivity index (χ4v) is 2.52. The molecule has 0 heterocycles. The van der Waals surface area contributed by atoms with E-state index in [9.17, 15) is 9.59 Å². The number of aliphatic carboxylic acids is 1. The van der Waals surface area contributed by atoms with Gasteiger partial charge in [0.1, 0.15) is 0 Å². The van der Waals surface area contributed by atoms with Gasteiger partial charge in [0.2, 0.25) is 0 Å². The van der Waals surface area contributed by atoms with Crippen LogP contribution in [-0.4, -0.2) is 23.7 Å². The molecule has 0 atom stereocenters. The molecule has 0 spiro atoms. The van der Waals surface area contributed by atoms with Crippen molar-refractivity contribution in [2.24, 2.45) is 5.92 Å². The summed E-state index contributed by atoms with van der Waals surface area (Å²) in [7, 11) is 0. The third-order valence-corrected chi connectivity index (χ3v) is 4.24. The van der Waals surface area contributed by atoms with E-state index in [4.69, 9.17) is 9.84 Å². The zero-order chi connectivity index (χ0) is 20.8. The highest BCUT2D eigenvalue weighted by Gasteiger charge is 1.98. The number of allylic oxidation sites excluding steroid dienone is 1. The maximum absolute atomic E-state index is 10.7. The second-order valence-electron chi connectivity index (χ2n) is 7.53. The molecule has 0 rings (SSSR count). The largest absolute Gasteiger partial charge is 0.481 e. The molecular formula is C23H44O4. The van der Waals surface area contributed by atoms with E-state index in [1.807, 2.05) is 0 Å². The minimum Gasteiger partial charge on any atom is -0.481 e. The molecule has 0 aromatic carbocycles. The van der Waals surface area contributed by atoms with Crippen LogP contribution in [0.2, 0.25) is 0 Å². The van der Waals surface area contributed by atoms with Crippen molar-refractivity contribution < 1.29 is 19.4 Å². The lowest BCUT2D eigenvalue weighted by Crippen LogP contribution is -2.04. The number of carbonyl (C=O) groups is 2. The van der Waals surface area contributed by atoms with Crippen molar-refractivity contribution in [2.75, 3.05) is 6.61 Å². The third-order valence-electron chi connectivity index (χ3n) is 4.24. The van der Waals surface area contributed by atoms with Crippen molar-refractivity contribution in [1.29, 1.82) is 0 Å². The predicted molar refractivity (Wildman–Crippen MR) is 114 cm³/mol. The summed E-state index contributed by atoms with van der Waals surface area (Å²) in [5.74, 6) is -0.308. The Bertz CT molecular complexity index is 361. The van der Waals surface area contributed by atoms with Crippen LogP contribution < -0.4 is 0 Å². The van der Waals surface area contributed by atoms with Gasteiger partial charge in [-0.15, -0.1) is 0 Å². The van der Waals surface area contributed by atoms with Gasteiger partial charge in [-0.2, -0.15) is 0 Å². The molecule has 1 N–H and O–H groups in total. The summed E-state index contributed by atoms with van der Waals surface area (Å²) in [5.41, 5.74) is 0. The van der Waals surface area contributed by atoms with Crippen molar-refractivity contribution >= 4 is 11.9 Å². The van der Waals surface area contributed by atoms with E-state index < -0.39 is 5.97 Å². The summed E-state index contributed by atoms with van der Waals surface area (Å²) in [5, 5.41) is 8.46. The molecule has 4 heteroatoms. The summed E-state index contributed by atoms with van der Waals surface area (Å²) in [6, 6.07) is 0. The first-order valence-corrected chi connectivity index (χ1v) is 10.9. The SMILES string of the molecule is CC=CC(=O)OCCC(C)C.CCCCCCCCCCCCCC(=O)O. The number of rotatable bonds is 16. The number of hydrogen-bond donors (Lipinski definition) is 1. The van der Waals surface area contributed by atoms with Gasteiger partial charge >= 0.3 is 11.9 Å². The molecule has 0 saturated heterocycles. The normalized spacial score (nSPS) is 10.7. The third kappa shape index (κ3) is 29.7. The van der Waals surface area contributed by atoms with Gasteiger partial charge in [-0.1, -0.05) is 91.1 Å². The van der Waals surface area contributed by atoms with E-state index >= 15 is 0 Å². The first-order valence-electron chi connectivity index (χ1n) is 10.9. The average molecular weight is 385 g/mol. The molecule has 0 aromatic rings. The number of carboxylic acids is 1. The Labute approximate surface area is 167 Å². The first kappa shape index (κ1) is 27.9. The molecule has 0 bridgehead atoms. The Kier molecular flexibility index (Phi) is 23.5. The summed E-state index contributed by atoms with van der Waals surface area (Å²) in [6.45, 7) is 8.77. The molecule has 160 valence electrons. The number of hydrogen-bond acceptors (Lipinski definition) is 3. The van der Waals surface area contributed by atoms with Gasteiger partial charge in [-0.25, -0.2) is 4.79 Å². The highest BCUT2D eigenvalue weighted by atomic mass is 16.5. The smallest absolute Gasteiger partial charge is 0.330 e. The van der Waals surface area contributed by atoms with Gasteiger partial charge in [0.25, 0.3) is 0 Å². The molecule has 0 aliphatic carbocycles. The second kappa shape index (κ2) is 22.7. The van der Waals surface area contributed by atoms with Gasteiger partial charge in [-0.05, 0) is 25.7 Å². The Morgan fingerprint density at radius 2 is 1.37 bits per heavy atom. The van der Waals surface area contributed by atoms with Crippen LogP contribution in [0, 0.1) is 5.92 Å². The van der Waals surface area contributed by atoms with Gasteiger partial charge < -0.3 is 9.84 Å². The van der Waals surface area contributed by atoms with Gasteiger partial charge in [0, 0.05) is 12.5 Å². The molecular weight excluding hydrogens is 340 g/mol. The number of unbranched alkanes of at least 4 members (excludes halogenated alkanes) is 10. The molecule has 0 amide bonds. The quantitative estimate of drug-likeness (QED) is 0.178. The molecule has 0 aromatic heterocycles. The standard InChI is InChI=1S/C14H28O2.C9H16O2/c1-2-3-4-5-6-7-8-9-10-11-12-13-14(15)16;1-4-5-9(10)11-7-6-8(2)3/h2-13H2,1H3,(H,15,16);4-5,8H,6-7H2,1-3H3. The molecule has 0 unspecified atom stereocenters. The van der Waals surface area contributed by atoms with Crippen LogP contribution in [0.25, 0.3) is 0 Å². The Morgan fingerprint density at radius 3 is 1.78 bits per heavy atom. The Hall–Kier alpha value is -1.32. The van der Waals surface area contributed by atoms with Crippen LogP contribution in [0.5, 0.6) is 0 Å². The van der Waals surface area contributed by atoms with Gasteiger partial charge in [0.15, 0.2) is 0 Å². The molecule has 0 aliphatic rings. The topological polar surface area (TPSA) is 63.6 Å². The van der Waals surface area contributed by atoms with Crippen molar-refractivity contribution in [3.05, 3.63) is 12.2 Å². The van der Waals surface area contributed by atoms with Crippen LogP contribution >= 0.6 is 0 Å². The number of ether oxygens (including phenoxy) is 1. The van der Waals surface area contributed by atoms with Crippen LogP contribution in [0.3, 0.4) is 0 Å². The maximum atomic E-state index is 10.7. The van der Waals surface area contributed by atoms with E-state index in [2.05, 4.69) is 20.8 Å². The second-order valence-corrected chi connectivity index (χ2v) is 7.53. The van der Waals surface area contributed by atoms with Gasteiger partial charge in [0.05, 0.1) is 6.61 Å². The highest BCUT2D eigenvalue weighted by Crippen LogP contribution is 2.11. The van der Waals surface area contributed by atoms with E-state index in [0.29, 0.717) is 18.9 Å². The lowest BCUT2D eigenvalue weighted by Gasteiger charge is -2.03. The van der Waals surface area contributed by atoms with Crippen LogP contribution in [0.4, 0.5) is 0 Å². The zero-order valence-electron chi connectivity index (χ0n) is 18.3. The molecule has 0 saturated carbocycles. The van der Waals surface area contributed by atoms with E-state index in [1.165, 1.54) is 63.9 Å². The molecule has 0 radical (unpaired) electrons. The number of carbonyl (C=O) groups excluding carboxylic acids is 1. The first-order chi connectivity index (χ1) is 12.9. The zero-order valence-corrected chi connectivity index (χ0v) is 18.3. The minimum atomic E-state index is -0.657. The predicted octanol–water partition coefficient (Wildman–Crippen LogP) is 6.92. The van der Waals surface area contributed by atoms with Crippen LogP contribution in [0.15, 0.2) is 12.2 Å². The molecule has 0 aliphatic heterocycles. The fraction of sp³-hybridized carbons (Fsp3) is 0.826. The van der Waals surface area contributed by atoms with E-state index in [1.54, 1.807) is 13.0 Å². The summed E-state index contributed by atoms with van der Waals surface area (Å²) in [6.07, 6.45) is 18.4. The number of esters is 1. The lowest BCUT2D eigenvalue weighted by atomic mass is 10.1. The summed E-state index contributed by atoms with van der Waals surface area (Å²) in [4.78, 5) is 21.0. The molecule has 27 heavy (non-hydrogen) atoms. The average Bonchev–Trinajstić information content (AvgIpc) is 2.60. The summed E-state index contributed by atoms with van der Waals surface area (Å²) >= 11 is 0. The Morgan fingerprint density at radius 1 is 0.889 bits per heavy atom. The highest BCUT2D eigenvalue weighted by molar-refractivity contribution is 5.81. The van der Waals surface area contributed by atoms with Crippen LogP contribution in [-0.2, 0) is 14.3 Å². The summed E-state index contributed by atoms with van der Waals surface area (Å²) < 4.78 is 4.87. The lowest BCUT2D eigenvalue weighted by molar-refractivity contribution is -0.138. The minimum absolute atomic E-state index is 0.242. The fourth-order valence-electron chi connectivity index (χ4n) is 2.52. The van der Waals surface area contributed by atoms with Crippen molar-refractivity contribution in [1.82, 2.24) is 0 Å². The molecule has 4 nitrogen and oxygen atoms in total. The van der Waals surface area contributed by atoms with E-state index in [-0.39, 0.29) is 5.97 Å². The number of carboxylic acid groups (broad SMARTS) is 1. The van der Waals surface area contributed by atoms with Gasteiger partial charge in [-0.3, -0.25) is 4.79 Å². The van der Waals surface area contributed by atoms with E-state index in [0.717, 1.165) is 19.3 Å². The van der Waals surface area contributed by atoms with Crippen molar-refractivity contribution in [3.8, 4) is 0 Å². The van der Waals surface area contributed by atoms with Crippen molar-refractivity contribution in [3.63, 3.8) is 0 Å².